The van der Waals surface area contributed by atoms with Gasteiger partial charge in [-0.3, -0.25) is 0 Å². The quantitative estimate of drug-likeness (QED) is 0.834. The van der Waals surface area contributed by atoms with Gasteiger partial charge in [-0.05, 0) is 31.5 Å². The van der Waals surface area contributed by atoms with E-state index in [1.54, 1.807) is 0 Å². The van der Waals surface area contributed by atoms with Gasteiger partial charge in [0.1, 0.15) is 0 Å². The van der Waals surface area contributed by atoms with Crippen molar-refractivity contribution in [3.05, 3.63) is 59.4 Å². The molecule has 0 aliphatic carbocycles. The number of hydrogen-bond donors (Lipinski definition) is 1. The van der Waals surface area contributed by atoms with Crippen LogP contribution in [0.5, 0.6) is 0 Å². The van der Waals surface area contributed by atoms with Crippen LogP contribution in [0, 0.1) is 6.92 Å². The largest absolute Gasteiger partial charge is 0.352 e. The molecule has 0 aliphatic rings. The molecule has 100 valence electrons. The second kappa shape index (κ2) is 5.93. The van der Waals surface area contributed by atoms with E-state index in [2.05, 4.69) is 34.4 Å². The van der Waals surface area contributed by atoms with Crippen LogP contribution >= 0.6 is 11.6 Å². The van der Waals surface area contributed by atoms with E-state index in [1.165, 1.54) is 0 Å². The Morgan fingerprint density at radius 2 is 2.32 bits per heavy atom. The van der Waals surface area contributed by atoms with Crippen molar-refractivity contribution < 1.29 is 0 Å². The summed E-state index contributed by atoms with van der Waals surface area (Å²) in [5.41, 5.74) is 2.15. The summed E-state index contributed by atoms with van der Waals surface area (Å²) in [6.45, 7) is 8.52. The number of aryl methyl sites for hydroxylation is 1. The Hall–Kier alpha value is -1.74. The summed E-state index contributed by atoms with van der Waals surface area (Å²) in [6.07, 6.45) is 3.86. The van der Waals surface area contributed by atoms with Crippen LogP contribution in [0.15, 0.2) is 43.1 Å². The molecule has 1 atom stereocenters. The highest BCUT2D eigenvalue weighted by Gasteiger charge is 2.13. The zero-order chi connectivity index (χ0) is 13.8. The van der Waals surface area contributed by atoms with Gasteiger partial charge in [0.2, 0.25) is 5.95 Å². The molecule has 1 N–H and O–H groups in total. The SMILES string of the molecule is C=CCNc1nc(C)cn1C(C)c1cccc(Cl)c1. The van der Waals surface area contributed by atoms with Crippen molar-refractivity contribution in [3.63, 3.8) is 0 Å². The minimum absolute atomic E-state index is 0.173. The lowest BCUT2D eigenvalue weighted by Gasteiger charge is -2.17. The molecule has 1 aromatic carbocycles. The van der Waals surface area contributed by atoms with Gasteiger partial charge in [-0.2, -0.15) is 0 Å². The van der Waals surface area contributed by atoms with Crippen molar-refractivity contribution in [2.24, 2.45) is 0 Å². The average molecular weight is 276 g/mol. The van der Waals surface area contributed by atoms with E-state index in [1.807, 2.05) is 37.4 Å². The summed E-state index contributed by atoms with van der Waals surface area (Å²) in [6, 6.07) is 8.08. The number of nitrogens with zero attached hydrogens (tertiary/aromatic N) is 2. The van der Waals surface area contributed by atoms with Crippen LogP contribution in [0.3, 0.4) is 0 Å². The molecule has 1 aromatic heterocycles. The first kappa shape index (κ1) is 13.7. The van der Waals surface area contributed by atoms with Crippen LogP contribution in [0.25, 0.3) is 0 Å². The number of anilines is 1. The van der Waals surface area contributed by atoms with E-state index in [4.69, 9.17) is 11.6 Å². The lowest BCUT2D eigenvalue weighted by Crippen LogP contribution is -2.11. The molecule has 2 rings (SSSR count). The molecular weight excluding hydrogens is 258 g/mol. The van der Waals surface area contributed by atoms with E-state index in [9.17, 15) is 0 Å². The van der Waals surface area contributed by atoms with Crippen LogP contribution in [-0.2, 0) is 0 Å². The molecule has 1 unspecified atom stereocenters. The minimum Gasteiger partial charge on any atom is -0.352 e. The average Bonchev–Trinajstić information content (AvgIpc) is 2.76. The highest BCUT2D eigenvalue weighted by Crippen LogP contribution is 2.24. The minimum atomic E-state index is 0.173. The molecule has 19 heavy (non-hydrogen) atoms. The third-order valence-electron chi connectivity index (χ3n) is 3.01. The molecule has 0 amide bonds. The van der Waals surface area contributed by atoms with Crippen molar-refractivity contribution >= 4 is 17.5 Å². The number of imidazole rings is 1. The third kappa shape index (κ3) is 3.18. The first-order chi connectivity index (χ1) is 9.11. The molecule has 0 aliphatic heterocycles. The molecule has 1 heterocycles. The predicted octanol–water partition coefficient (Wildman–Crippen LogP) is 4.05. The normalized spacial score (nSPS) is 12.2. The van der Waals surface area contributed by atoms with E-state index in [0.717, 1.165) is 22.2 Å². The Bertz CT molecular complexity index is 575. The van der Waals surface area contributed by atoms with Crippen molar-refractivity contribution in [2.45, 2.75) is 19.9 Å². The molecular formula is C15H18ClN3. The first-order valence-electron chi connectivity index (χ1n) is 6.27. The monoisotopic (exact) mass is 275 g/mol. The zero-order valence-corrected chi connectivity index (χ0v) is 12.0. The topological polar surface area (TPSA) is 29.9 Å². The van der Waals surface area contributed by atoms with Crippen molar-refractivity contribution in [2.75, 3.05) is 11.9 Å². The van der Waals surface area contributed by atoms with Crippen LogP contribution < -0.4 is 5.32 Å². The molecule has 0 radical (unpaired) electrons. The third-order valence-corrected chi connectivity index (χ3v) is 3.24. The van der Waals surface area contributed by atoms with Crippen molar-refractivity contribution in [1.82, 2.24) is 9.55 Å². The Kier molecular flexibility index (Phi) is 4.27. The Balaban J connectivity index is 2.32. The highest BCUT2D eigenvalue weighted by molar-refractivity contribution is 6.30. The van der Waals surface area contributed by atoms with Gasteiger partial charge < -0.3 is 9.88 Å². The van der Waals surface area contributed by atoms with Crippen LogP contribution in [0.4, 0.5) is 5.95 Å². The summed E-state index contributed by atoms with van der Waals surface area (Å²) in [7, 11) is 0. The number of halogens is 1. The fourth-order valence-electron chi connectivity index (χ4n) is 2.03. The number of nitrogens with one attached hydrogen (secondary N) is 1. The van der Waals surface area contributed by atoms with Gasteiger partial charge in [0.05, 0.1) is 11.7 Å². The van der Waals surface area contributed by atoms with Crippen LogP contribution in [0.1, 0.15) is 24.2 Å². The Morgan fingerprint density at radius 1 is 1.53 bits per heavy atom. The summed E-state index contributed by atoms with van der Waals surface area (Å²) in [4.78, 5) is 4.49. The standard InChI is InChI=1S/C15H18ClN3/c1-4-8-17-15-18-11(2)10-19(15)12(3)13-6-5-7-14(16)9-13/h4-7,9-10,12H,1,8H2,2-3H3,(H,17,18). The van der Waals surface area contributed by atoms with Gasteiger partial charge in [0, 0.05) is 17.8 Å². The summed E-state index contributed by atoms with van der Waals surface area (Å²) in [5.74, 6) is 0.852. The Morgan fingerprint density at radius 3 is 3.00 bits per heavy atom. The number of rotatable bonds is 5. The van der Waals surface area contributed by atoms with E-state index in [-0.39, 0.29) is 6.04 Å². The van der Waals surface area contributed by atoms with Gasteiger partial charge in [-0.15, -0.1) is 6.58 Å². The van der Waals surface area contributed by atoms with Gasteiger partial charge >= 0.3 is 0 Å². The van der Waals surface area contributed by atoms with Crippen LogP contribution in [-0.4, -0.2) is 16.1 Å². The van der Waals surface area contributed by atoms with Crippen LogP contribution in [0.2, 0.25) is 5.02 Å². The molecule has 0 saturated heterocycles. The summed E-state index contributed by atoms with van der Waals surface area (Å²) >= 11 is 6.05. The highest BCUT2D eigenvalue weighted by atomic mass is 35.5. The second-order valence-electron chi connectivity index (χ2n) is 4.51. The first-order valence-corrected chi connectivity index (χ1v) is 6.65. The Labute approximate surface area is 118 Å². The smallest absolute Gasteiger partial charge is 0.203 e. The fourth-order valence-corrected chi connectivity index (χ4v) is 2.23. The molecule has 3 nitrogen and oxygen atoms in total. The zero-order valence-electron chi connectivity index (χ0n) is 11.2. The lowest BCUT2D eigenvalue weighted by molar-refractivity contribution is 0.644. The predicted molar refractivity (Wildman–Crippen MR) is 80.9 cm³/mol. The van der Waals surface area contributed by atoms with Gasteiger partial charge in [-0.1, -0.05) is 29.8 Å². The fraction of sp³-hybridized carbons (Fsp3) is 0.267. The maximum absolute atomic E-state index is 6.05. The lowest BCUT2D eigenvalue weighted by atomic mass is 10.1. The molecule has 2 aromatic rings. The van der Waals surface area contributed by atoms with E-state index < -0.39 is 0 Å². The summed E-state index contributed by atoms with van der Waals surface area (Å²) in [5, 5.41) is 4.00. The number of hydrogen-bond acceptors (Lipinski definition) is 2. The maximum atomic E-state index is 6.05. The van der Waals surface area contributed by atoms with Crippen molar-refractivity contribution in [1.29, 1.82) is 0 Å². The van der Waals surface area contributed by atoms with Gasteiger partial charge in [-0.25, -0.2) is 4.98 Å². The molecule has 0 spiro atoms. The molecule has 0 saturated carbocycles. The van der Waals surface area contributed by atoms with Crippen molar-refractivity contribution in [3.8, 4) is 0 Å². The number of benzene rings is 1. The molecule has 4 heteroatoms. The van der Waals surface area contributed by atoms with E-state index in [0.29, 0.717) is 6.54 Å². The summed E-state index contributed by atoms with van der Waals surface area (Å²) < 4.78 is 2.12. The maximum Gasteiger partial charge on any atom is 0.203 e. The van der Waals surface area contributed by atoms with E-state index >= 15 is 0 Å². The number of aromatic nitrogens is 2. The molecule has 0 fully saturated rings. The van der Waals surface area contributed by atoms with Gasteiger partial charge in [0.15, 0.2) is 0 Å². The second-order valence-corrected chi connectivity index (χ2v) is 4.95. The molecule has 0 bridgehead atoms. The van der Waals surface area contributed by atoms with Gasteiger partial charge in [0.25, 0.3) is 0 Å².